The van der Waals surface area contributed by atoms with Crippen molar-refractivity contribution in [3.05, 3.63) is 53.3 Å². The number of nitrogens with one attached hydrogen (secondary N) is 1. The minimum atomic E-state index is -0.634. The zero-order valence-corrected chi connectivity index (χ0v) is 11.4. The van der Waals surface area contributed by atoms with E-state index in [-0.39, 0.29) is 29.3 Å². The second kappa shape index (κ2) is 6.23. The molecule has 0 aliphatic carbocycles. The van der Waals surface area contributed by atoms with Gasteiger partial charge in [0.2, 0.25) is 0 Å². The van der Waals surface area contributed by atoms with Crippen LogP contribution in [-0.2, 0) is 6.54 Å². The highest BCUT2D eigenvalue weighted by Gasteiger charge is 2.16. The van der Waals surface area contributed by atoms with Crippen LogP contribution in [0.5, 0.6) is 11.5 Å². The Kier molecular flexibility index (Phi) is 4.39. The van der Waals surface area contributed by atoms with Crippen molar-refractivity contribution in [1.82, 2.24) is 0 Å². The van der Waals surface area contributed by atoms with Gasteiger partial charge in [-0.25, -0.2) is 4.39 Å². The molecule has 0 atom stereocenters. The summed E-state index contributed by atoms with van der Waals surface area (Å²) in [5.74, 6) is -1.35. The number of phenols is 1. The summed E-state index contributed by atoms with van der Waals surface area (Å²) < 4.78 is 18.7. The Bertz CT molecular complexity index is 674. The molecule has 2 aromatic rings. The molecule has 0 bridgehead atoms. The van der Waals surface area contributed by atoms with E-state index in [4.69, 9.17) is 10.5 Å². The number of carbonyl (C=O) groups excluding carboxylic acids is 1. The number of amides is 1. The van der Waals surface area contributed by atoms with Crippen molar-refractivity contribution >= 4 is 11.6 Å². The predicted octanol–water partition coefficient (Wildman–Crippen LogP) is 2.25. The minimum absolute atomic E-state index is 0.00310. The van der Waals surface area contributed by atoms with Crippen molar-refractivity contribution in [2.75, 3.05) is 12.4 Å². The highest BCUT2D eigenvalue weighted by atomic mass is 19.1. The van der Waals surface area contributed by atoms with Crippen LogP contribution in [0.15, 0.2) is 36.4 Å². The van der Waals surface area contributed by atoms with E-state index in [1.54, 1.807) is 12.1 Å². The maximum Gasteiger partial charge on any atom is 0.259 e. The van der Waals surface area contributed by atoms with Gasteiger partial charge in [0.1, 0.15) is 5.82 Å². The predicted molar refractivity (Wildman–Crippen MR) is 76.9 cm³/mol. The molecule has 5 nitrogen and oxygen atoms in total. The SMILES string of the molecule is COc1cccc(C(=O)Nc2ccc(CN)cc2F)c1O. The third-order valence-corrected chi connectivity index (χ3v) is 2.98. The Morgan fingerprint density at radius 2 is 2.14 bits per heavy atom. The van der Waals surface area contributed by atoms with Crippen molar-refractivity contribution in [3.8, 4) is 11.5 Å². The minimum Gasteiger partial charge on any atom is -0.504 e. The van der Waals surface area contributed by atoms with Gasteiger partial charge in [-0.2, -0.15) is 0 Å². The zero-order valence-electron chi connectivity index (χ0n) is 11.4. The molecule has 4 N–H and O–H groups in total. The molecule has 0 radical (unpaired) electrons. The first-order valence-electron chi connectivity index (χ1n) is 6.22. The molecule has 0 aliphatic rings. The van der Waals surface area contributed by atoms with Crippen molar-refractivity contribution < 1.29 is 19.0 Å². The van der Waals surface area contributed by atoms with E-state index in [1.807, 2.05) is 0 Å². The maximum absolute atomic E-state index is 13.8. The van der Waals surface area contributed by atoms with Gasteiger partial charge in [-0.15, -0.1) is 0 Å². The summed E-state index contributed by atoms with van der Waals surface area (Å²) in [5.41, 5.74) is 6.04. The Labute approximate surface area is 121 Å². The van der Waals surface area contributed by atoms with Crippen LogP contribution in [-0.4, -0.2) is 18.1 Å². The largest absolute Gasteiger partial charge is 0.504 e. The second-order valence-corrected chi connectivity index (χ2v) is 4.33. The van der Waals surface area contributed by atoms with Gasteiger partial charge in [0.25, 0.3) is 5.91 Å². The molecular weight excluding hydrogens is 275 g/mol. The topological polar surface area (TPSA) is 84.6 Å². The van der Waals surface area contributed by atoms with Gasteiger partial charge < -0.3 is 20.9 Å². The molecule has 2 aromatic carbocycles. The summed E-state index contributed by atoms with van der Waals surface area (Å²) in [5, 5.41) is 12.3. The van der Waals surface area contributed by atoms with Gasteiger partial charge in [0, 0.05) is 6.54 Å². The lowest BCUT2D eigenvalue weighted by Crippen LogP contribution is -2.13. The summed E-state index contributed by atoms with van der Waals surface area (Å²) in [6.45, 7) is 0.210. The molecule has 0 spiro atoms. The van der Waals surface area contributed by atoms with Gasteiger partial charge in [0.05, 0.1) is 18.4 Å². The molecule has 0 saturated heterocycles. The third kappa shape index (κ3) is 3.11. The lowest BCUT2D eigenvalue weighted by molar-refractivity contribution is 0.102. The van der Waals surface area contributed by atoms with E-state index in [0.717, 1.165) is 0 Å². The number of hydrogen-bond acceptors (Lipinski definition) is 4. The summed E-state index contributed by atoms with van der Waals surface area (Å²) >= 11 is 0. The summed E-state index contributed by atoms with van der Waals surface area (Å²) in [4.78, 5) is 12.1. The third-order valence-electron chi connectivity index (χ3n) is 2.98. The van der Waals surface area contributed by atoms with Crippen LogP contribution in [0.25, 0.3) is 0 Å². The van der Waals surface area contributed by atoms with Crippen molar-refractivity contribution in [3.63, 3.8) is 0 Å². The molecule has 0 fully saturated rings. The lowest BCUT2D eigenvalue weighted by Gasteiger charge is -2.10. The summed E-state index contributed by atoms with van der Waals surface area (Å²) in [7, 11) is 1.38. The monoisotopic (exact) mass is 290 g/mol. The van der Waals surface area contributed by atoms with E-state index >= 15 is 0 Å². The van der Waals surface area contributed by atoms with E-state index in [0.29, 0.717) is 5.56 Å². The first-order chi connectivity index (χ1) is 10.1. The van der Waals surface area contributed by atoms with Gasteiger partial charge in [-0.3, -0.25) is 4.79 Å². The number of benzene rings is 2. The van der Waals surface area contributed by atoms with E-state index in [9.17, 15) is 14.3 Å². The van der Waals surface area contributed by atoms with Crippen LogP contribution in [0.4, 0.5) is 10.1 Å². The molecular formula is C15H15FN2O3. The molecule has 2 rings (SSSR count). The van der Waals surface area contributed by atoms with Gasteiger partial charge in [-0.05, 0) is 29.8 Å². The van der Waals surface area contributed by atoms with E-state index in [1.165, 1.54) is 31.4 Å². The molecule has 0 aromatic heterocycles. The Hall–Kier alpha value is -2.60. The normalized spacial score (nSPS) is 10.2. The maximum atomic E-state index is 13.8. The molecule has 0 saturated carbocycles. The second-order valence-electron chi connectivity index (χ2n) is 4.33. The number of anilines is 1. The van der Waals surface area contributed by atoms with Gasteiger partial charge >= 0.3 is 0 Å². The molecule has 1 amide bonds. The summed E-state index contributed by atoms with van der Waals surface area (Å²) in [6, 6.07) is 8.78. The number of ether oxygens (including phenoxy) is 1. The molecule has 0 heterocycles. The van der Waals surface area contributed by atoms with Gasteiger partial charge in [-0.1, -0.05) is 12.1 Å². The molecule has 0 unspecified atom stereocenters. The quantitative estimate of drug-likeness (QED) is 0.806. The highest BCUT2D eigenvalue weighted by Crippen LogP contribution is 2.30. The van der Waals surface area contributed by atoms with Crippen LogP contribution in [0.3, 0.4) is 0 Å². The smallest absolute Gasteiger partial charge is 0.259 e. The fraction of sp³-hybridized carbons (Fsp3) is 0.133. The van der Waals surface area contributed by atoms with E-state index in [2.05, 4.69) is 5.32 Å². The Morgan fingerprint density at radius 3 is 2.76 bits per heavy atom. The number of aromatic hydroxyl groups is 1. The fourth-order valence-corrected chi connectivity index (χ4v) is 1.85. The standard InChI is InChI=1S/C15H15FN2O3/c1-21-13-4-2-3-10(14(13)19)15(20)18-12-6-5-9(8-17)7-11(12)16/h2-7,19H,8,17H2,1H3,(H,18,20). The number of halogens is 1. The Morgan fingerprint density at radius 1 is 1.38 bits per heavy atom. The van der Waals surface area contributed by atoms with Crippen molar-refractivity contribution in [2.45, 2.75) is 6.54 Å². The highest BCUT2D eigenvalue weighted by molar-refractivity contribution is 6.06. The first-order valence-corrected chi connectivity index (χ1v) is 6.22. The van der Waals surface area contributed by atoms with Crippen molar-refractivity contribution in [1.29, 1.82) is 0 Å². The van der Waals surface area contributed by atoms with Crippen LogP contribution < -0.4 is 15.8 Å². The fourth-order valence-electron chi connectivity index (χ4n) is 1.85. The van der Waals surface area contributed by atoms with Crippen LogP contribution in [0, 0.1) is 5.82 Å². The Balaban J connectivity index is 2.26. The van der Waals surface area contributed by atoms with Crippen LogP contribution in [0.1, 0.15) is 15.9 Å². The van der Waals surface area contributed by atoms with Gasteiger partial charge in [0.15, 0.2) is 11.5 Å². The number of carbonyl (C=O) groups is 1. The number of hydrogen-bond donors (Lipinski definition) is 3. The summed E-state index contributed by atoms with van der Waals surface area (Å²) in [6.07, 6.45) is 0. The molecule has 21 heavy (non-hydrogen) atoms. The molecule has 110 valence electrons. The zero-order chi connectivity index (χ0) is 15.4. The number of nitrogens with two attached hydrogens (primary N) is 1. The number of phenolic OH excluding ortho intramolecular Hbond substituents is 1. The van der Waals surface area contributed by atoms with Crippen LogP contribution >= 0.6 is 0 Å². The number of rotatable bonds is 4. The van der Waals surface area contributed by atoms with Crippen LogP contribution in [0.2, 0.25) is 0 Å². The molecule has 0 aliphatic heterocycles. The number of para-hydroxylation sites is 1. The average molecular weight is 290 g/mol. The molecule has 6 heteroatoms. The van der Waals surface area contributed by atoms with Crippen molar-refractivity contribution in [2.24, 2.45) is 5.73 Å². The average Bonchev–Trinajstić information content (AvgIpc) is 2.49. The lowest BCUT2D eigenvalue weighted by atomic mass is 10.1. The van der Waals surface area contributed by atoms with E-state index < -0.39 is 11.7 Å². The first kappa shape index (κ1) is 14.8. The number of methoxy groups -OCH3 is 1.